The molecule has 2 N–H and O–H groups in total. The van der Waals surface area contributed by atoms with Crippen molar-refractivity contribution in [1.82, 2.24) is 4.90 Å². The lowest BCUT2D eigenvalue weighted by Crippen LogP contribution is -2.44. The second kappa shape index (κ2) is 5.36. The molecule has 18 heavy (non-hydrogen) atoms. The normalized spacial score (nSPS) is 23.4. The molecule has 0 spiro atoms. The first-order valence-electron chi connectivity index (χ1n) is 6.42. The highest BCUT2D eigenvalue weighted by Crippen LogP contribution is 2.37. The number of nitrogens with zero attached hydrogens (tertiary/aromatic N) is 1. The van der Waals surface area contributed by atoms with Gasteiger partial charge < -0.3 is 5.73 Å². The molecule has 2 rings (SSSR count). The molecule has 96 valence electrons. The van der Waals surface area contributed by atoms with Crippen LogP contribution in [0.15, 0.2) is 36.9 Å². The number of carbonyl (C=O) groups is 1. The summed E-state index contributed by atoms with van der Waals surface area (Å²) in [7, 11) is 0. The van der Waals surface area contributed by atoms with Crippen molar-refractivity contribution in [1.29, 1.82) is 0 Å². The maximum atomic E-state index is 11.7. The van der Waals surface area contributed by atoms with Crippen LogP contribution in [-0.4, -0.2) is 23.9 Å². The van der Waals surface area contributed by atoms with Gasteiger partial charge in [0.25, 0.3) is 0 Å². The van der Waals surface area contributed by atoms with Crippen molar-refractivity contribution in [3.05, 3.63) is 48.0 Å². The summed E-state index contributed by atoms with van der Waals surface area (Å²) in [6.45, 7) is 7.50. The Kier molecular flexibility index (Phi) is 3.82. The average Bonchev–Trinajstić information content (AvgIpc) is 2.37. The molecule has 3 nitrogen and oxygen atoms in total. The van der Waals surface area contributed by atoms with E-state index in [1.165, 1.54) is 5.56 Å². The molecule has 1 amide bonds. The smallest absolute Gasteiger partial charge is 0.239 e. The lowest BCUT2D eigenvalue weighted by Gasteiger charge is -2.39. The highest BCUT2D eigenvalue weighted by Gasteiger charge is 2.34. The summed E-state index contributed by atoms with van der Waals surface area (Å²) in [4.78, 5) is 13.9. The Morgan fingerprint density at radius 2 is 2.17 bits per heavy atom. The zero-order valence-electron chi connectivity index (χ0n) is 10.8. The number of benzene rings is 1. The molecule has 0 bridgehead atoms. The van der Waals surface area contributed by atoms with Crippen LogP contribution in [0.4, 0.5) is 0 Å². The molecular weight excluding hydrogens is 224 g/mol. The molecule has 2 unspecified atom stereocenters. The quantitative estimate of drug-likeness (QED) is 0.825. The van der Waals surface area contributed by atoms with Crippen molar-refractivity contribution in [3.63, 3.8) is 0 Å². The fraction of sp³-hybridized carbons (Fsp3) is 0.400. The molecule has 1 aliphatic heterocycles. The summed E-state index contributed by atoms with van der Waals surface area (Å²) >= 11 is 0. The summed E-state index contributed by atoms with van der Waals surface area (Å²) in [5.41, 5.74) is 7.90. The zero-order valence-corrected chi connectivity index (χ0v) is 10.8. The van der Waals surface area contributed by atoms with Gasteiger partial charge >= 0.3 is 0 Å². The van der Waals surface area contributed by atoms with E-state index >= 15 is 0 Å². The van der Waals surface area contributed by atoms with Gasteiger partial charge in [0.15, 0.2) is 0 Å². The highest BCUT2D eigenvalue weighted by atomic mass is 16.1. The minimum Gasteiger partial charge on any atom is -0.368 e. The molecule has 0 saturated heterocycles. The van der Waals surface area contributed by atoms with Gasteiger partial charge in [-0.15, -0.1) is 6.58 Å². The van der Waals surface area contributed by atoms with Crippen LogP contribution in [0, 0.1) is 0 Å². The van der Waals surface area contributed by atoms with Crippen LogP contribution in [0.5, 0.6) is 0 Å². The van der Waals surface area contributed by atoms with Gasteiger partial charge in [-0.25, -0.2) is 0 Å². The fourth-order valence-electron chi connectivity index (χ4n) is 2.84. The molecule has 0 radical (unpaired) electrons. The van der Waals surface area contributed by atoms with Crippen molar-refractivity contribution < 1.29 is 4.79 Å². The van der Waals surface area contributed by atoms with E-state index in [2.05, 4.69) is 24.5 Å². The zero-order chi connectivity index (χ0) is 13.1. The van der Waals surface area contributed by atoms with Gasteiger partial charge in [-0.3, -0.25) is 9.69 Å². The minimum atomic E-state index is -0.318. The van der Waals surface area contributed by atoms with Crippen LogP contribution in [0.3, 0.4) is 0 Å². The van der Waals surface area contributed by atoms with Gasteiger partial charge in [-0.05, 0) is 23.5 Å². The summed E-state index contributed by atoms with van der Waals surface area (Å²) in [5, 5.41) is 0. The number of hydrogen-bond acceptors (Lipinski definition) is 2. The molecule has 1 aromatic carbocycles. The van der Waals surface area contributed by atoms with Gasteiger partial charge in [0, 0.05) is 13.1 Å². The Morgan fingerprint density at radius 3 is 2.72 bits per heavy atom. The van der Waals surface area contributed by atoms with Crippen molar-refractivity contribution >= 4 is 5.91 Å². The summed E-state index contributed by atoms with van der Waals surface area (Å²) in [5.74, 6) is 0.190. The molecule has 0 fully saturated rings. The number of rotatable bonds is 4. The fourth-order valence-corrected chi connectivity index (χ4v) is 2.84. The minimum absolute atomic E-state index is 0.279. The van der Waals surface area contributed by atoms with E-state index in [0.717, 1.165) is 18.5 Å². The molecule has 1 aromatic rings. The van der Waals surface area contributed by atoms with E-state index in [1.807, 2.05) is 24.3 Å². The van der Waals surface area contributed by atoms with E-state index in [0.29, 0.717) is 12.5 Å². The second-order valence-corrected chi connectivity index (χ2v) is 4.78. The summed E-state index contributed by atoms with van der Waals surface area (Å²) < 4.78 is 0. The van der Waals surface area contributed by atoms with E-state index in [9.17, 15) is 4.79 Å². The first kappa shape index (κ1) is 12.8. The SMILES string of the molecule is C=CCN1CC(CC)c2ccccc2C1C(N)=O. The van der Waals surface area contributed by atoms with Crippen LogP contribution >= 0.6 is 0 Å². The third-order valence-electron chi connectivity index (χ3n) is 3.68. The molecular formula is C15H20N2O. The maximum Gasteiger partial charge on any atom is 0.239 e. The predicted molar refractivity (Wildman–Crippen MR) is 73.2 cm³/mol. The van der Waals surface area contributed by atoms with Crippen LogP contribution in [0.25, 0.3) is 0 Å². The van der Waals surface area contributed by atoms with Crippen LogP contribution in [0.2, 0.25) is 0 Å². The van der Waals surface area contributed by atoms with Gasteiger partial charge in [0.2, 0.25) is 5.91 Å². The third kappa shape index (κ3) is 2.18. The number of carbonyl (C=O) groups excluding carboxylic acids is 1. The molecule has 1 heterocycles. The number of fused-ring (bicyclic) bond motifs is 1. The largest absolute Gasteiger partial charge is 0.368 e. The molecule has 3 heteroatoms. The van der Waals surface area contributed by atoms with Crippen LogP contribution in [0.1, 0.15) is 36.4 Å². The summed E-state index contributed by atoms with van der Waals surface area (Å²) in [6.07, 6.45) is 2.90. The summed E-state index contributed by atoms with van der Waals surface area (Å²) in [6, 6.07) is 7.82. The number of primary amides is 1. The van der Waals surface area contributed by atoms with E-state index < -0.39 is 0 Å². The van der Waals surface area contributed by atoms with Crippen LogP contribution in [-0.2, 0) is 4.79 Å². The molecule has 2 atom stereocenters. The Labute approximate surface area is 108 Å². The first-order chi connectivity index (χ1) is 8.69. The van der Waals surface area contributed by atoms with Crippen molar-refractivity contribution in [2.24, 2.45) is 5.73 Å². The van der Waals surface area contributed by atoms with Gasteiger partial charge in [-0.2, -0.15) is 0 Å². The third-order valence-corrected chi connectivity index (χ3v) is 3.68. The monoisotopic (exact) mass is 244 g/mol. The Hall–Kier alpha value is -1.61. The predicted octanol–water partition coefficient (Wildman–Crippen LogP) is 2.21. The van der Waals surface area contributed by atoms with Crippen molar-refractivity contribution in [2.45, 2.75) is 25.3 Å². The Balaban J connectivity index is 2.47. The highest BCUT2D eigenvalue weighted by molar-refractivity contribution is 5.82. The lowest BCUT2D eigenvalue weighted by atomic mass is 9.83. The van der Waals surface area contributed by atoms with Crippen molar-refractivity contribution in [3.8, 4) is 0 Å². The first-order valence-corrected chi connectivity index (χ1v) is 6.42. The number of nitrogens with two attached hydrogens (primary N) is 1. The maximum absolute atomic E-state index is 11.7. The Bertz CT molecular complexity index is 456. The van der Waals surface area contributed by atoms with E-state index in [-0.39, 0.29) is 11.9 Å². The number of amides is 1. The molecule has 1 aliphatic rings. The molecule has 0 aromatic heterocycles. The van der Waals surface area contributed by atoms with Gasteiger partial charge in [-0.1, -0.05) is 37.3 Å². The Morgan fingerprint density at radius 1 is 1.50 bits per heavy atom. The second-order valence-electron chi connectivity index (χ2n) is 4.78. The van der Waals surface area contributed by atoms with Gasteiger partial charge in [0.05, 0.1) is 0 Å². The van der Waals surface area contributed by atoms with Crippen molar-refractivity contribution in [2.75, 3.05) is 13.1 Å². The van der Waals surface area contributed by atoms with E-state index in [4.69, 9.17) is 5.73 Å². The standard InChI is InChI=1S/C15H20N2O/c1-3-9-17-10-11(4-2)12-7-5-6-8-13(12)14(17)15(16)18/h3,5-8,11,14H,1,4,9-10H2,2H3,(H2,16,18). The van der Waals surface area contributed by atoms with E-state index in [1.54, 1.807) is 0 Å². The average molecular weight is 244 g/mol. The molecule has 0 aliphatic carbocycles. The topological polar surface area (TPSA) is 46.3 Å². The molecule has 0 saturated carbocycles. The van der Waals surface area contributed by atoms with Gasteiger partial charge in [0.1, 0.15) is 6.04 Å². The lowest BCUT2D eigenvalue weighted by molar-refractivity contribution is -0.123. The van der Waals surface area contributed by atoms with Crippen LogP contribution < -0.4 is 5.73 Å². The number of hydrogen-bond donors (Lipinski definition) is 1.